The van der Waals surface area contributed by atoms with Crippen LogP contribution in [-0.2, 0) is 9.59 Å². The fourth-order valence-electron chi connectivity index (χ4n) is 1.58. The molecular weight excluding hydrogens is 310 g/mol. The number of hydrogen-bond donors (Lipinski definition) is 2. The predicted molar refractivity (Wildman–Crippen MR) is 83.6 cm³/mol. The van der Waals surface area contributed by atoms with Crippen LogP contribution in [0.2, 0.25) is 5.02 Å². The highest BCUT2D eigenvalue weighted by Crippen LogP contribution is 2.35. The van der Waals surface area contributed by atoms with Crippen LogP contribution >= 0.6 is 11.6 Å². The molecule has 0 radical (unpaired) electrons. The summed E-state index contributed by atoms with van der Waals surface area (Å²) in [6, 6.07) is 3.26. The summed E-state index contributed by atoms with van der Waals surface area (Å²) in [6.07, 6.45) is 1.35. The third-order valence-electron chi connectivity index (χ3n) is 2.46. The molecule has 0 spiro atoms. The molecule has 7 nitrogen and oxygen atoms in total. The van der Waals surface area contributed by atoms with Crippen LogP contribution in [0, 0.1) is 0 Å². The molecule has 8 heteroatoms. The monoisotopic (exact) mass is 327 g/mol. The van der Waals surface area contributed by atoms with Gasteiger partial charge in [0.15, 0.2) is 11.5 Å². The second-order valence-electron chi connectivity index (χ2n) is 4.03. The molecule has 0 fully saturated rings. The number of benzene rings is 1. The maximum absolute atomic E-state index is 11.4. The van der Waals surface area contributed by atoms with E-state index in [4.69, 9.17) is 21.1 Å². The summed E-state index contributed by atoms with van der Waals surface area (Å²) in [5.74, 6) is -0.703. The average molecular weight is 328 g/mol. The Kier molecular flexibility index (Phi) is 7.18. The van der Waals surface area contributed by atoms with Gasteiger partial charge in [0, 0.05) is 6.54 Å². The molecule has 0 atom stereocenters. The number of halogens is 1. The van der Waals surface area contributed by atoms with Gasteiger partial charge in [-0.2, -0.15) is 5.10 Å². The van der Waals surface area contributed by atoms with Gasteiger partial charge in [-0.25, -0.2) is 5.43 Å². The summed E-state index contributed by atoms with van der Waals surface area (Å²) < 4.78 is 10.6. The number of ether oxygens (including phenoxy) is 2. The van der Waals surface area contributed by atoms with E-state index in [1.807, 2.05) is 6.92 Å². The Balaban J connectivity index is 2.83. The minimum Gasteiger partial charge on any atom is -0.491 e. The first kappa shape index (κ1) is 17.8. The Labute approximate surface area is 133 Å². The number of hydrazone groups is 1. The molecule has 0 aliphatic carbocycles. The van der Waals surface area contributed by atoms with Crippen LogP contribution in [0.15, 0.2) is 17.2 Å². The van der Waals surface area contributed by atoms with Gasteiger partial charge >= 0.3 is 11.8 Å². The number of carbonyl (C=O) groups is 2. The normalized spacial score (nSPS) is 10.4. The molecule has 1 aromatic carbocycles. The Morgan fingerprint density at radius 2 is 2.05 bits per heavy atom. The molecule has 0 saturated carbocycles. The molecule has 0 bridgehead atoms. The van der Waals surface area contributed by atoms with E-state index in [2.05, 4.69) is 15.8 Å². The smallest absolute Gasteiger partial charge is 0.329 e. The van der Waals surface area contributed by atoms with Crippen LogP contribution in [0.5, 0.6) is 11.5 Å². The summed E-state index contributed by atoms with van der Waals surface area (Å²) >= 11 is 6.09. The van der Waals surface area contributed by atoms with Gasteiger partial charge in [0.05, 0.1) is 25.0 Å². The molecule has 0 saturated heterocycles. The largest absolute Gasteiger partial charge is 0.491 e. The quantitative estimate of drug-likeness (QED) is 0.468. The van der Waals surface area contributed by atoms with Gasteiger partial charge in [-0.3, -0.25) is 9.59 Å². The molecule has 2 N–H and O–H groups in total. The van der Waals surface area contributed by atoms with Crippen molar-refractivity contribution in [3.05, 3.63) is 22.7 Å². The van der Waals surface area contributed by atoms with Gasteiger partial charge in [0.2, 0.25) is 0 Å². The number of nitrogens with one attached hydrogen (secondary N) is 2. The zero-order chi connectivity index (χ0) is 16.5. The first-order valence-corrected chi connectivity index (χ1v) is 7.02. The number of rotatable bonds is 6. The van der Waals surface area contributed by atoms with Crippen molar-refractivity contribution in [3.63, 3.8) is 0 Å². The Morgan fingerprint density at radius 3 is 2.64 bits per heavy atom. The lowest BCUT2D eigenvalue weighted by atomic mass is 10.2. The molecule has 0 unspecified atom stereocenters. The standard InChI is InChI=1S/C14H18ClN3O4/c1-4-16-13(19)14(20)18-17-8-9-6-10(15)12(21-3)11(7-9)22-5-2/h6-8H,4-5H2,1-3H3,(H,16,19)(H,18,20)/b17-8-. The summed E-state index contributed by atoms with van der Waals surface area (Å²) in [6.45, 7) is 4.35. The number of methoxy groups -OCH3 is 1. The highest BCUT2D eigenvalue weighted by Gasteiger charge is 2.12. The second kappa shape index (κ2) is 8.89. The van der Waals surface area contributed by atoms with Crippen LogP contribution < -0.4 is 20.2 Å². The lowest BCUT2D eigenvalue weighted by molar-refractivity contribution is -0.139. The Morgan fingerprint density at radius 1 is 1.32 bits per heavy atom. The van der Waals surface area contributed by atoms with E-state index < -0.39 is 11.8 Å². The summed E-state index contributed by atoms with van der Waals surface area (Å²) in [5, 5.41) is 6.42. The van der Waals surface area contributed by atoms with Crippen molar-refractivity contribution in [3.8, 4) is 11.5 Å². The van der Waals surface area contributed by atoms with E-state index in [-0.39, 0.29) is 0 Å². The first-order chi connectivity index (χ1) is 10.5. The van der Waals surface area contributed by atoms with Crippen molar-refractivity contribution in [2.75, 3.05) is 20.3 Å². The fraction of sp³-hybridized carbons (Fsp3) is 0.357. The molecule has 0 aromatic heterocycles. The zero-order valence-corrected chi connectivity index (χ0v) is 13.4. The van der Waals surface area contributed by atoms with E-state index in [1.54, 1.807) is 19.1 Å². The fourth-order valence-corrected chi connectivity index (χ4v) is 1.88. The average Bonchev–Trinajstić information content (AvgIpc) is 2.47. The number of carbonyl (C=O) groups excluding carboxylic acids is 2. The first-order valence-electron chi connectivity index (χ1n) is 6.65. The molecule has 0 aliphatic heterocycles. The van der Waals surface area contributed by atoms with Crippen LogP contribution in [0.1, 0.15) is 19.4 Å². The van der Waals surface area contributed by atoms with Gasteiger partial charge in [-0.05, 0) is 31.5 Å². The maximum Gasteiger partial charge on any atom is 0.329 e. The minimum absolute atomic E-state index is 0.352. The van der Waals surface area contributed by atoms with Crippen LogP contribution in [0.25, 0.3) is 0 Å². The zero-order valence-electron chi connectivity index (χ0n) is 12.6. The number of amides is 2. The van der Waals surface area contributed by atoms with Gasteiger partial charge in [-0.15, -0.1) is 0 Å². The van der Waals surface area contributed by atoms with E-state index in [0.29, 0.717) is 35.2 Å². The third kappa shape index (κ3) is 4.92. The lowest BCUT2D eigenvalue weighted by Crippen LogP contribution is -2.37. The van der Waals surface area contributed by atoms with E-state index in [9.17, 15) is 9.59 Å². The van der Waals surface area contributed by atoms with E-state index in [0.717, 1.165) is 0 Å². The van der Waals surface area contributed by atoms with Crippen LogP contribution in [0.3, 0.4) is 0 Å². The van der Waals surface area contributed by atoms with Crippen molar-refractivity contribution in [2.24, 2.45) is 5.10 Å². The van der Waals surface area contributed by atoms with Crippen LogP contribution in [-0.4, -0.2) is 38.3 Å². The van der Waals surface area contributed by atoms with Crippen molar-refractivity contribution < 1.29 is 19.1 Å². The maximum atomic E-state index is 11.4. The van der Waals surface area contributed by atoms with E-state index in [1.165, 1.54) is 13.3 Å². The van der Waals surface area contributed by atoms with Crippen LogP contribution in [0.4, 0.5) is 0 Å². The SMILES string of the molecule is CCNC(=O)C(=O)N/N=C\c1cc(Cl)c(OC)c(OCC)c1. The Hall–Kier alpha value is -2.28. The van der Waals surface area contributed by atoms with Gasteiger partial charge < -0.3 is 14.8 Å². The molecule has 1 aromatic rings. The third-order valence-corrected chi connectivity index (χ3v) is 2.74. The second-order valence-corrected chi connectivity index (χ2v) is 4.43. The molecule has 22 heavy (non-hydrogen) atoms. The van der Waals surface area contributed by atoms with Crippen molar-refractivity contribution in [1.29, 1.82) is 0 Å². The highest BCUT2D eigenvalue weighted by molar-refractivity contribution is 6.35. The molecule has 120 valence electrons. The molecule has 2 amide bonds. The molecular formula is C14H18ClN3O4. The topological polar surface area (TPSA) is 89.0 Å². The summed E-state index contributed by atoms with van der Waals surface area (Å²) in [4.78, 5) is 22.6. The Bertz CT molecular complexity index is 575. The van der Waals surface area contributed by atoms with Crippen molar-refractivity contribution >= 4 is 29.6 Å². The number of hydrogen-bond acceptors (Lipinski definition) is 5. The van der Waals surface area contributed by atoms with E-state index >= 15 is 0 Å². The highest BCUT2D eigenvalue weighted by atomic mass is 35.5. The number of nitrogens with zero attached hydrogens (tertiary/aromatic N) is 1. The van der Waals surface area contributed by atoms with Gasteiger partial charge in [0.1, 0.15) is 0 Å². The molecule has 1 rings (SSSR count). The number of likely N-dealkylation sites (N-methyl/N-ethyl adjacent to an activating group) is 1. The molecule has 0 heterocycles. The van der Waals surface area contributed by atoms with Crippen molar-refractivity contribution in [1.82, 2.24) is 10.7 Å². The van der Waals surface area contributed by atoms with Gasteiger partial charge in [-0.1, -0.05) is 11.6 Å². The minimum atomic E-state index is -0.845. The summed E-state index contributed by atoms with van der Waals surface area (Å²) in [5.41, 5.74) is 2.71. The summed E-state index contributed by atoms with van der Waals surface area (Å²) in [7, 11) is 1.49. The van der Waals surface area contributed by atoms with Gasteiger partial charge in [0.25, 0.3) is 0 Å². The lowest BCUT2D eigenvalue weighted by Gasteiger charge is -2.11. The predicted octanol–water partition coefficient (Wildman–Crippen LogP) is 1.33. The molecule has 0 aliphatic rings. The van der Waals surface area contributed by atoms with Crippen molar-refractivity contribution in [2.45, 2.75) is 13.8 Å².